The van der Waals surface area contributed by atoms with Crippen molar-refractivity contribution >= 4 is 115 Å². The van der Waals surface area contributed by atoms with Crippen LogP contribution in [0.25, 0.3) is 0 Å². The van der Waals surface area contributed by atoms with Crippen LogP contribution >= 0.6 is 0 Å². The molecule has 92 heavy (non-hydrogen) atoms. The Bertz CT molecular complexity index is 2860. The SMILES string of the molecule is C=CCOc1cc(C(C)OC(=O)ON2C(=O)CCC2=O)c([N+](=O)[O-])cc1OCC=C.CC(OC(=O)ON1C(=O)CCC1=O)c1cc(OCCC[Si](O[Si](C)(C)C)(O[Si](C)(C)C)O[Si](C)(C)C)c(OCCC[Si](O[Si](C)(C)C)(O[Si](C)(C)C)O[Si](C)(C)C)cc1[N+](=O)[O-]. The summed E-state index contributed by atoms with van der Waals surface area (Å²) in [6.07, 6.45) is -1.69. The molecule has 2 unspecified atom stereocenters. The Labute approximate surface area is 548 Å². The van der Waals surface area contributed by atoms with Gasteiger partial charge in [0.2, 0.25) is 0 Å². The zero-order valence-corrected chi connectivity index (χ0v) is 65.1. The molecule has 2 fully saturated rings. The summed E-state index contributed by atoms with van der Waals surface area (Å²) >= 11 is 0. The van der Waals surface area contributed by atoms with Gasteiger partial charge in [-0.15, -0.1) is 0 Å². The number of benzene rings is 2. The first-order valence-electron chi connectivity index (χ1n) is 30.2. The number of hydrogen-bond donors (Lipinski definition) is 0. The second-order valence-electron chi connectivity index (χ2n) is 27.4. The maximum Gasteiger partial charge on any atom is 0.534 e. The number of nitro groups is 2. The standard InChI is InChI=1S/C37H76N2O15Si8.C19H20N2O9/c1-30(47-37(42)48-38-35(40)22-23-36(38)41)31-28-33(45-24-20-26-61(49-55(2,3)4,50-56(5,6)7)51-57(8,9)10)34(29-32(31)39(43)44)46-25-21-27-62(52-58(11,12)13,53-59(14,15)16)54-60(17,18)19;1-4-8-27-15-10-13(14(21(25)26)11-16(15)28-9-5-2)12(3)29-19(24)30-20-17(22)6-7-18(20)23/h28-30H,20-27H2,1-19H3;4-5,10-12H,1-2,6-9H2,3H3. The number of rotatable bonds is 36. The van der Waals surface area contributed by atoms with Gasteiger partial charge in [-0.25, -0.2) is 9.59 Å². The molecule has 4 rings (SSSR count). The van der Waals surface area contributed by atoms with Gasteiger partial charge in [-0.05, 0) is 157 Å². The van der Waals surface area contributed by atoms with Gasteiger partial charge in [0.15, 0.2) is 72.9 Å². The molecule has 0 bridgehead atoms. The third-order valence-electron chi connectivity index (χ3n) is 11.6. The lowest BCUT2D eigenvalue weighted by Gasteiger charge is -2.43. The lowest BCUT2D eigenvalue weighted by Crippen LogP contribution is -2.60. The normalized spacial score (nSPS) is 15.0. The number of hydrogen-bond acceptors (Lipinski definition) is 24. The van der Waals surface area contributed by atoms with E-state index < -0.39 is 137 Å². The van der Waals surface area contributed by atoms with Gasteiger partial charge in [-0.2, -0.15) is 0 Å². The highest BCUT2D eigenvalue weighted by atomic mass is 28.5. The Morgan fingerprint density at radius 1 is 0.467 bits per heavy atom. The van der Waals surface area contributed by atoms with Crippen LogP contribution in [0, 0.1) is 20.2 Å². The van der Waals surface area contributed by atoms with Crippen LogP contribution in [0.4, 0.5) is 21.0 Å². The molecule has 2 saturated heterocycles. The smallest absolute Gasteiger partial charge is 0.490 e. The topological polar surface area (TPSA) is 324 Å². The first-order chi connectivity index (χ1) is 42.1. The third-order valence-corrected chi connectivity index (χ3v) is 35.7. The molecule has 2 aliphatic rings. The minimum absolute atomic E-state index is 0.0129. The van der Waals surface area contributed by atoms with Crippen LogP contribution in [0.2, 0.25) is 130 Å². The Morgan fingerprint density at radius 3 is 0.967 bits per heavy atom. The summed E-state index contributed by atoms with van der Waals surface area (Å²) in [6.45, 7) is 48.4. The van der Waals surface area contributed by atoms with Crippen LogP contribution in [0.3, 0.4) is 0 Å². The minimum Gasteiger partial charge on any atom is -0.490 e. The van der Waals surface area contributed by atoms with Crippen LogP contribution in [0.1, 0.15) is 75.7 Å². The number of hydroxylamine groups is 4. The zero-order chi connectivity index (χ0) is 70.2. The van der Waals surface area contributed by atoms with Crippen LogP contribution < -0.4 is 18.9 Å². The highest BCUT2D eigenvalue weighted by molar-refractivity contribution is 6.91. The summed E-state index contributed by atoms with van der Waals surface area (Å²) in [5.74, 6) is -2.21. The maximum atomic E-state index is 12.8. The Kier molecular flexibility index (Phi) is 29.4. The van der Waals surface area contributed by atoms with E-state index in [0.29, 0.717) is 35.1 Å². The molecule has 2 atom stereocenters. The Morgan fingerprint density at radius 2 is 0.717 bits per heavy atom. The van der Waals surface area contributed by atoms with E-state index in [0.717, 1.165) is 6.07 Å². The number of carbonyl (C=O) groups is 6. The molecule has 0 aromatic heterocycles. The molecule has 28 nitrogen and oxygen atoms in total. The van der Waals surface area contributed by atoms with Crippen molar-refractivity contribution in [3.05, 3.63) is 80.9 Å². The third kappa shape index (κ3) is 28.1. The van der Waals surface area contributed by atoms with Crippen LogP contribution in [-0.4, -0.2) is 150 Å². The van der Waals surface area contributed by atoms with Crippen molar-refractivity contribution in [1.29, 1.82) is 0 Å². The summed E-state index contributed by atoms with van der Waals surface area (Å²) < 4.78 is 75.1. The molecular formula is C56H96N4O24Si8. The lowest BCUT2D eigenvalue weighted by molar-refractivity contribution is -0.386. The highest BCUT2D eigenvalue weighted by Crippen LogP contribution is 2.42. The number of carbonyl (C=O) groups excluding carboxylic acids is 6. The second kappa shape index (κ2) is 33.6. The van der Waals surface area contributed by atoms with E-state index in [9.17, 15) is 49.0 Å². The van der Waals surface area contributed by atoms with Crippen LogP contribution in [0.15, 0.2) is 49.6 Å². The molecule has 0 radical (unpaired) electrons. The van der Waals surface area contributed by atoms with E-state index in [1.165, 1.54) is 44.2 Å². The molecule has 0 N–H and O–H groups in total. The van der Waals surface area contributed by atoms with Gasteiger partial charge < -0.3 is 53.1 Å². The summed E-state index contributed by atoms with van der Waals surface area (Å²) in [5.41, 5.74) is -0.835. The van der Waals surface area contributed by atoms with Crippen molar-refractivity contribution < 1.29 is 101 Å². The van der Waals surface area contributed by atoms with E-state index in [-0.39, 0.29) is 86.2 Å². The van der Waals surface area contributed by atoms with Crippen molar-refractivity contribution in [2.45, 2.75) is 195 Å². The molecule has 516 valence electrons. The number of amides is 4. The van der Waals surface area contributed by atoms with Crippen molar-refractivity contribution in [3.8, 4) is 23.0 Å². The van der Waals surface area contributed by atoms with Crippen molar-refractivity contribution in [3.63, 3.8) is 0 Å². The predicted octanol–water partition coefficient (Wildman–Crippen LogP) is 13.4. The van der Waals surface area contributed by atoms with Gasteiger partial charge in [0, 0.05) is 37.8 Å². The van der Waals surface area contributed by atoms with Gasteiger partial charge in [0.1, 0.15) is 25.4 Å². The fourth-order valence-electron chi connectivity index (χ4n) is 8.94. The van der Waals surface area contributed by atoms with Gasteiger partial charge in [0.05, 0.1) is 46.3 Å². The van der Waals surface area contributed by atoms with Gasteiger partial charge >= 0.3 is 29.9 Å². The molecule has 36 heteroatoms. The average Bonchev–Trinajstić information content (AvgIpc) is 1.14. The van der Waals surface area contributed by atoms with Gasteiger partial charge in [-0.3, -0.25) is 49.1 Å². The van der Waals surface area contributed by atoms with Crippen molar-refractivity contribution in [2.24, 2.45) is 0 Å². The van der Waals surface area contributed by atoms with E-state index in [4.69, 9.17) is 57.9 Å². The largest absolute Gasteiger partial charge is 0.534 e. The van der Waals surface area contributed by atoms with Crippen molar-refractivity contribution in [2.75, 3.05) is 26.4 Å². The average molecular weight is 1430 g/mol. The molecule has 2 aliphatic heterocycles. The summed E-state index contributed by atoms with van der Waals surface area (Å²) in [7, 11) is -19.3. The number of nitro benzene ring substituents is 2. The first kappa shape index (κ1) is 80.5. The summed E-state index contributed by atoms with van der Waals surface area (Å²) in [6, 6.07) is 6.06. The number of nitrogens with zero attached hydrogens (tertiary/aromatic N) is 4. The molecule has 0 saturated carbocycles. The van der Waals surface area contributed by atoms with Gasteiger partial charge in [0.25, 0.3) is 35.0 Å². The molecule has 2 aromatic rings. The fourth-order valence-corrected chi connectivity index (χ4v) is 38.2. The molecule has 0 spiro atoms. The van der Waals surface area contributed by atoms with Gasteiger partial charge in [-0.1, -0.05) is 35.4 Å². The maximum absolute atomic E-state index is 12.8. The van der Waals surface area contributed by atoms with E-state index in [2.05, 4.69) is 136 Å². The molecular weight excluding hydrogens is 1340 g/mol. The number of imide groups is 2. The fraction of sp³-hybridized carbons (Fsp3) is 0.607. The van der Waals surface area contributed by atoms with E-state index >= 15 is 0 Å². The van der Waals surface area contributed by atoms with Crippen LogP contribution in [0.5, 0.6) is 23.0 Å². The zero-order valence-electron chi connectivity index (χ0n) is 57.1. The molecule has 4 amide bonds. The predicted molar refractivity (Wildman–Crippen MR) is 360 cm³/mol. The molecule has 2 aromatic carbocycles. The minimum atomic E-state index is -3.21. The van der Waals surface area contributed by atoms with E-state index in [1.54, 1.807) is 0 Å². The Balaban J connectivity index is 0.000000611. The first-order valence-corrected chi connectivity index (χ1v) is 54.5. The van der Waals surface area contributed by atoms with Crippen molar-refractivity contribution in [1.82, 2.24) is 10.1 Å². The molecule has 0 aliphatic carbocycles. The summed E-state index contributed by atoms with van der Waals surface area (Å²) in [5, 5.41) is 24.8. The monoisotopic (exact) mass is 1430 g/mol. The Hall–Kier alpha value is -5.76. The summed E-state index contributed by atoms with van der Waals surface area (Å²) in [4.78, 5) is 104. The lowest BCUT2D eigenvalue weighted by atomic mass is 10.1. The number of ether oxygens (including phenoxy) is 6. The molecule has 2 heterocycles. The highest BCUT2D eigenvalue weighted by Gasteiger charge is 2.51. The van der Waals surface area contributed by atoms with Crippen LogP contribution in [-0.2, 0) is 63.0 Å². The van der Waals surface area contributed by atoms with E-state index in [1.807, 2.05) is 0 Å². The quantitative estimate of drug-likeness (QED) is 0.0116. The second-order valence-corrected chi connectivity index (χ2v) is 61.3.